The van der Waals surface area contributed by atoms with E-state index in [-0.39, 0.29) is 31.1 Å². The Balaban J connectivity index is 4.24. The van der Waals surface area contributed by atoms with Crippen molar-refractivity contribution >= 4 is 17.9 Å². The molecule has 0 aliphatic heterocycles. The van der Waals surface area contributed by atoms with Crippen LogP contribution in [0.25, 0.3) is 0 Å². The number of esters is 3. The second-order valence-corrected chi connectivity index (χ2v) is 23.4. The van der Waals surface area contributed by atoms with Crippen LogP contribution >= 0.6 is 0 Å². The number of unbranched alkanes of at least 4 members (excludes halogenated alkanes) is 45. The summed E-state index contributed by atoms with van der Waals surface area (Å²) in [6.07, 6.45) is 84.2. The highest BCUT2D eigenvalue weighted by atomic mass is 16.6. The van der Waals surface area contributed by atoms with E-state index >= 15 is 0 Å². The van der Waals surface area contributed by atoms with E-state index < -0.39 is 6.10 Å². The average molecular weight is 1090 g/mol. The number of carbonyl (C=O) groups is 3. The van der Waals surface area contributed by atoms with Gasteiger partial charge in [0.2, 0.25) is 0 Å². The number of hydrogen-bond acceptors (Lipinski definition) is 6. The molecule has 0 aromatic carbocycles. The van der Waals surface area contributed by atoms with Crippen molar-refractivity contribution in [2.24, 2.45) is 0 Å². The van der Waals surface area contributed by atoms with Crippen LogP contribution in [0, 0.1) is 0 Å². The standard InChI is InChI=1S/C72H132O6/c1-4-7-10-13-16-19-22-25-27-29-31-33-34-35-36-37-39-40-42-44-47-50-53-56-59-62-65-71(74)77-68-69(67-76-70(73)64-61-58-55-52-49-46-24-21-18-15-12-9-6-3)78-72(75)66-63-60-57-54-51-48-45-43-41-38-32-30-28-26-23-20-17-14-11-8-5-2/h8,11,17,20,26,28,32,38,69H,4-7,9-10,12-16,18-19,21-25,27,29-31,33-37,39-68H2,1-3H3/b11-8-,20-17-,28-26-,38-32-. The Bertz CT molecular complexity index is 1350. The van der Waals surface area contributed by atoms with E-state index in [0.717, 1.165) is 89.9 Å². The van der Waals surface area contributed by atoms with Crippen LogP contribution in [0.5, 0.6) is 0 Å². The fraction of sp³-hybridized carbons (Fsp3) is 0.847. The first-order chi connectivity index (χ1) is 38.5. The largest absolute Gasteiger partial charge is 0.462 e. The molecule has 0 aromatic heterocycles. The van der Waals surface area contributed by atoms with Crippen molar-refractivity contribution in [2.75, 3.05) is 13.2 Å². The third-order valence-electron chi connectivity index (χ3n) is 15.6. The molecule has 1 unspecified atom stereocenters. The summed E-state index contributed by atoms with van der Waals surface area (Å²) in [5.41, 5.74) is 0. The van der Waals surface area contributed by atoms with Crippen LogP contribution in [-0.2, 0) is 28.6 Å². The van der Waals surface area contributed by atoms with Crippen LogP contribution in [-0.4, -0.2) is 37.2 Å². The Labute approximate surface area is 486 Å². The summed E-state index contributed by atoms with van der Waals surface area (Å²) < 4.78 is 17.0. The molecule has 6 heteroatoms. The highest BCUT2D eigenvalue weighted by Gasteiger charge is 2.19. The SMILES string of the molecule is CC/C=C\C/C=C\C/C=C\C/C=C\CCCCCCCCCCC(=O)OC(COC(=O)CCCCCCCCCCCCCCC)COC(=O)CCCCCCCCCCCCCCCCCCCCCCCCCCCC. The number of allylic oxidation sites excluding steroid dienone is 8. The molecule has 78 heavy (non-hydrogen) atoms. The zero-order valence-electron chi connectivity index (χ0n) is 52.5. The Kier molecular flexibility index (Phi) is 64.6. The minimum Gasteiger partial charge on any atom is -0.462 e. The average Bonchev–Trinajstić information content (AvgIpc) is 3.44. The molecule has 0 amide bonds. The number of ether oxygens (including phenoxy) is 3. The molecule has 0 N–H and O–H groups in total. The van der Waals surface area contributed by atoms with E-state index in [2.05, 4.69) is 69.4 Å². The molecule has 1 atom stereocenters. The van der Waals surface area contributed by atoms with Crippen molar-refractivity contribution in [3.8, 4) is 0 Å². The van der Waals surface area contributed by atoms with E-state index in [1.165, 1.54) is 244 Å². The summed E-state index contributed by atoms with van der Waals surface area (Å²) >= 11 is 0. The van der Waals surface area contributed by atoms with Gasteiger partial charge in [0, 0.05) is 19.3 Å². The molecule has 0 aliphatic carbocycles. The third-order valence-corrected chi connectivity index (χ3v) is 15.6. The van der Waals surface area contributed by atoms with Crippen LogP contribution in [0.3, 0.4) is 0 Å². The molecule has 6 nitrogen and oxygen atoms in total. The van der Waals surface area contributed by atoms with E-state index in [1.54, 1.807) is 0 Å². The van der Waals surface area contributed by atoms with Gasteiger partial charge in [-0.15, -0.1) is 0 Å². The van der Waals surface area contributed by atoms with Crippen molar-refractivity contribution in [1.82, 2.24) is 0 Å². The van der Waals surface area contributed by atoms with Gasteiger partial charge in [0.15, 0.2) is 6.10 Å². The molecule has 456 valence electrons. The van der Waals surface area contributed by atoms with E-state index in [9.17, 15) is 14.4 Å². The molecule has 0 aliphatic rings. The molecule has 0 spiro atoms. The first kappa shape index (κ1) is 75.4. The maximum absolute atomic E-state index is 12.9. The topological polar surface area (TPSA) is 78.9 Å². The number of carbonyl (C=O) groups excluding carboxylic acids is 3. The van der Waals surface area contributed by atoms with Gasteiger partial charge in [0.05, 0.1) is 0 Å². The van der Waals surface area contributed by atoms with Gasteiger partial charge in [-0.3, -0.25) is 14.4 Å². The third kappa shape index (κ3) is 64.2. The van der Waals surface area contributed by atoms with Crippen LogP contribution in [0.2, 0.25) is 0 Å². The summed E-state index contributed by atoms with van der Waals surface area (Å²) in [6, 6.07) is 0. The fourth-order valence-corrected chi connectivity index (χ4v) is 10.4. The number of rotatable bonds is 64. The highest BCUT2D eigenvalue weighted by molar-refractivity contribution is 5.71. The molecular weight excluding hydrogens is 961 g/mol. The van der Waals surface area contributed by atoms with Crippen LogP contribution in [0.1, 0.15) is 374 Å². The van der Waals surface area contributed by atoms with Gasteiger partial charge < -0.3 is 14.2 Å². The normalized spacial score (nSPS) is 12.3. The lowest BCUT2D eigenvalue weighted by Crippen LogP contribution is -2.30. The van der Waals surface area contributed by atoms with Crippen molar-refractivity contribution in [3.63, 3.8) is 0 Å². The second-order valence-electron chi connectivity index (χ2n) is 23.4. The lowest BCUT2D eigenvalue weighted by Gasteiger charge is -2.18. The van der Waals surface area contributed by atoms with Crippen molar-refractivity contribution in [1.29, 1.82) is 0 Å². The Morgan fingerprint density at radius 2 is 0.500 bits per heavy atom. The minimum absolute atomic E-state index is 0.0711. The van der Waals surface area contributed by atoms with Gasteiger partial charge in [0.25, 0.3) is 0 Å². The molecule has 0 heterocycles. The quantitative estimate of drug-likeness (QED) is 0.0261. The second kappa shape index (κ2) is 66.9. The molecule has 0 saturated carbocycles. The van der Waals surface area contributed by atoms with E-state index in [0.29, 0.717) is 19.3 Å². The van der Waals surface area contributed by atoms with Gasteiger partial charge in [0.1, 0.15) is 13.2 Å². The van der Waals surface area contributed by atoms with Crippen LogP contribution in [0.4, 0.5) is 0 Å². The lowest BCUT2D eigenvalue weighted by atomic mass is 10.0. The Morgan fingerprint density at radius 3 is 0.782 bits per heavy atom. The van der Waals surface area contributed by atoms with Crippen molar-refractivity contribution in [3.05, 3.63) is 48.6 Å². The molecule has 0 radical (unpaired) electrons. The van der Waals surface area contributed by atoms with Gasteiger partial charge >= 0.3 is 17.9 Å². The van der Waals surface area contributed by atoms with Crippen LogP contribution in [0.15, 0.2) is 48.6 Å². The van der Waals surface area contributed by atoms with Crippen molar-refractivity contribution in [2.45, 2.75) is 380 Å². The minimum atomic E-state index is -0.775. The van der Waals surface area contributed by atoms with E-state index in [1.807, 2.05) is 0 Å². The zero-order chi connectivity index (χ0) is 56.4. The summed E-state index contributed by atoms with van der Waals surface area (Å²) in [6.45, 7) is 6.59. The fourth-order valence-electron chi connectivity index (χ4n) is 10.4. The van der Waals surface area contributed by atoms with Crippen LogP contribution < -0.4 is 0 Å². The summed E-state index contributed by atoms with van der Waals surface area (Å²) in [7, 11) is 0. The first-order valence-electron chi connectivity index (χ1n) is 34.6. The summed E-state index contributed by atoms with van der Waals surface area (Å²) in [4.78, 5) is 38.4. The highest BCUT2D eigenvalue weighted by Crippen LogP contribution is 2.18. The van der Waals surface area contributed by atoms with Gasteiger partial charge in [-0.1, -0.05) is 345 Å². The van der Waals surface area contributed by atoms with E-state index in [4.69, 9.17) is 14.2 Å². The molecule has 0 fully saturated rings. The first-order valence-corrected chi connectivity index (χ1v) is 34.6. The van der Waals surface area contributed by atoms with Gasteiger partial charge in [-0.2, -0.15) is 0 Å². The van der Waals surface area contributed by atoms with Gasteiger partial charge in [-0.25, -0.2) is 0 Å². The smallest absolute Gasteiger partial charge is 0.306 e. The molecular formula is C72H132O6. The predicted octanol–water partition coefficient (Wildman–Crippen LogP) is 23.7. The lowest BCUT2D eigenvalue weighted by molar-refractivity contribution is -0.167. The summed E-state index contributed by atoms with van der Waals surface area (Å²) in [5, 5.41) is 0. The molecule has 0 saturated heterocycles. The van der Waals surface area contributed by atoms with Gasteiger partial charge in [-0.05, 0) is 57.8 Å². The number of hydrogen-bond donors (Lipinski definition) is 0. The molecule has 0 rings (SSSR count). The monoisotopic (exact) mass is 1090 g/mol. The van der Waals surface area contributed by atoms with Crippen molar-refractivity contribution < 1.29 is 28.6 Å². The maximum atomic E-state index is 12.9. The Morgan fingerprint density at radius 1 is 0.269 bits per heavy atom. The maximum Gasteiger partial charge on any atom is 0.306 e. The summed E-state index contributed by atoms with van der Waals surface area (Å²) in [5.74, 6) is -0.853. The zero-order valence-corrected chi connectivity index (χ0v) is 52.5. The predicted molar refractivity (Wildman–Crippen MR) is 339 cm³/mol. The Hall–Kier alpha value is -2.63. The molecule has 0 aromatic rings. The molecule has 0 bridgehead atoms.